The number of hydrogen-bond acceptors (Lipinski definition) is 3. The van der Waals surface area contributed by atoms with Gasteiger partial charge in [-0.25, -0.2) is 4.98 Å². The first-order chi connectivity index (χ1) is 6.79. The molecule has 1 aliphatic rings. The molecule has 0 aliphatic heterocycles. The van der Waals surface area contributed by atoms with Crippen LogP contribution in [0.15, 0.2) is 22.9 Å². The smallest absolute Gasteiger partial charge is 0.129 e. The van der Waals surface area contributed by atoms with E-state index < -0.39 is 0 Å². The third-order valence-electron chi connectivity index (χ3n) is 2.55. The van der Waals surface area contributed by atoms with Gasteiger partial charge in [0, 0.05) is 19.3 Å². The van der Waals surface area contributed by atoms with Crippen molar-refractivity contribution < 1.29 is 4.74 Å². The maximum absolute atomic E-state index is 5.22. The average molecular weight is 257 g/mol. The molecular weight excluding hydrogens is 244 g/mol. The molecule has 0 atom stereocenters. The molecule has 1 saturated carbocycles. The maximum atomic E-state index is 5.22. The number of ether oxygens (including phenoxy) is 1. The summed E-state index contributed by atoms with van der Waals surface area (Å²) >= 11 is 3.41. The third kappa shape index (κ3) is 2.07. The lowest BCUT2D eigenvalue weighted by Gasteiger charge is -2.35. The van der Waals surface area contributed by atoms with Crippen LogP contribution < -0.4 is 5.32 Å². The zero-order valence-corrected chi connectivity index (χ0v) is 9.62. The molecule has 0 unspecified atom stereocenters. The van der Waals surface area contributed by atoms with Crippen LogP contribution in [0.2, 0.25) is 0 Å². The number of methoxy groups -OCH3 is 1. The van der Waals surface area contributed by atoms with Crippen LogP contribution in [-0.2, 0) is 4.74 Å². The molecule has 1 aromatic heterocycles. The number of nitrogens with one attached hydrogen (secondary N) is 1. The van der Waals surface area contributed by atoms with E-state index in [4.69, 9.17) is 4.74 Å². The number of hydrogen-bond donors (Lipinski definition) is 1. The van der Waals surface area contributed by atoms with Gasteiger partial charge in [-0.1, -0.05) is 0 Å². The van der Waals surface area contributed by atoms with Gasteiger partial charge in [-0.05, 0) is 40.9 Å². The standard InChI is InChI=1S/C10H13BrN2O/c1-14-8-5-7(6-8)13-9-3-2-4-12-10(9)11/h2-4,7-8,13H,5-6H2,1H3. The lowest BCUT2D eigenvalue weighted by atomic mass is 9.89. The molecular formula is C10H13BrN2O. The molecule has 1 heterocycles. The largest absolute Gasteiger partial charge is 0.381 e. The number of anilines is 1. The van der Waals surface area contributed by atoms with Crippen molar-refractivity contribution in [2.24, 2.45) is 0 Å². The zero-order chi connectivity index (χ0) is 9.97. The van der Waals surface area contributed by atoms with Crippen LogP contribution in [0.3, 0.4) is 0 Å². The monoisotopic (exact) mass is 256 g/mol. The van der Waals surface area contributed by atoms with E-state index in [9.17, 15) is 0 Å². The van der Waals surface area contributed by atoms with Crippen molar-refractivity contribution >= 4 is 21.6 Å². The first kappa shape index (κ1) is 9.93. The molecule has 4 heteroatoms. The Morgan fingerprint density at radius 3 is 3.00 bits per heavy atom. The lowest BCUT2D eigenvalue weighted by molar-refractivity contribution is 0.0328. The van der Waals surface area contributed by atoms with E-state index in [-0.39, 0.29) is 0 Å². The quantitative estimate of drug-likeness (QED) is 0.844. The Morgan fingerprint density at radius 1 is 1.57 bits per heavy atom. The zero-order valence-electron chi connectivity index (χ0n) is 8.03. The molecule has 0 bridgehead atoms. The lowest BCUT2D eigenvalue weighted by Crippen LogP contribution is -2.40. The fourth-order valence-electron chi connectivity index (χ4n) is 1.59. The summed E-state index contributed by atoms with van der Waals surface area (Å²) in [5.41, 5.74) is 1.06. The van der Waals surface area contributed by atoms with E-state index >= 15 is 0 Å². The van der Waals surface area contributed by atoms with Gasteiger partial charge in [0.15, 0.2) is 0 Å². The molecule has 0 saturated heterocycles. The Kier molecular flexibility index (Phi) is 3.03. The minimum absolute atomic E-state index is 0.433. The van der Waals surface area contributed by atoms with Crippen molar-refractivity contribution in [3.63, 3.8) is 0 Å². The molecule has 3 nitrogen and oxygen atoms in total. The maximum Gasteiger partial charge on any atom is 0.129 e. The van der Waals surface area contributed by atoms with Crippen LogP contribution in [0.1, 0.15) is 12.8 Å². The highest BCUT2D eigenvalue weighted by Gasteiger charge is 2.29. The summed E-state index contributed by atoms with van der Waals surface area (Å²) in [6.07, 6.45) is 4.37. The summed E-state index contributed by atoms with van der Waals surface area (Å²) < 4.78 is 6.09. The number of nitrogens with zero attached hydrogens (tertiary/aromatic N) is 1. The van der Waals surface area contributed by atoms with E-state index in [2.05, 4.69) is 26.2 Å². The van der Waals surface area contributed by atoms with Crippen LogP contribution in [0.25, 0.3) is 0 Å². The van der Waals surface area contributed by atoms with Crippen LogP contribution in [0, 0.1) is 0 Å². The van der Waals surface area contributed by atoms with Crippen molar-refractivity contribution in [2.45, 2.75) is 25.0 Å². The van der Waals surface area contributed by atoms with Gasteiger partial charge in [0.1, 0.15) is 4.60 Å². The van der Waals surface area contributed by atoms with Gasteiger partial charge >= 0.3 is 0 Å². The number of aromatic nitrogens is 1. The Balaban J connectivity index is 1.90. The molecule has 1 N–H and O–H groups in total. The van der Waals surface area contributed by atoms with Gasteiger partial charge in [0.2, 0.25) is 0 Å². The van der Waals surface area contributed by atoms with Gasteiger partial charge in [-0.3, -0.25) is 0 Å². The third-order valence-corrected chi connectivity index (χ3v) is 3.18. The van der Waals surface area contributed by atoms with Crippen molar-refractivity contribution in [1.82, 2.24) is 4.98 Å². The van der Waals surface area contributed by atoms with Crippen molar-refractivity contribution in [1.29, 1.82) is 0 Å². The summed E-state index contributed by atoms with van der Waals surface area (Å²) in [6, 6.07) is 4.48. The fraction of sp³-hybridized carbons (Fsp3) is 0.500. The SMILES string of the molecule is COC1CC(Nc2cccnc2Br)C1. The second-order valence-corrected chi connectivity index (χ2v) is 4.26. The molecule has 2 rings (SSSR count). The molecule has 0 radical (unpaired) electrons. The van der Waals surface area contributed by atoms with Crippen molar-refractivity contribution in [2.75, 3.05) is 12.4 Å². The van der Waals surface area contributed by atoms with Crippen LogP contribution in [-0.4, -0.2) is 24.2 Å². The summed E-state index contributed by atoms with van der Waals surface area (Å²) in [6.45, 7) is 0. The number of halogens is 1. The molecule has 1 aromatic rings. The summed E-state index contributed by atoms with van der Waals surface area (Å²) in [5, 5.41) is 3.42. The van der Waals surface area contributed by atoms with Gasteiger partial charge in [0.25, 0.3) is 0 Å². The predicted molar refractivity (Wildman–Crippen MR) is 59.4 cm³/mol. The Labute approximate surface area is 92.0 Å². The highest BCUT2D eigenvalue weighted by Crippen LogP contribution is 2.28. The van der Waals surface area contributed by atoms with Gasteiger partial charge in [0.05, 0.1) is 11.8 Å². The molecule has 1 aliphatic carbocycles. The molecule has 0 amide bonds. The van der Waals surface area contributed by atoms with E-state index in [1.54, 1.807) is 13.3 Å². The molecule has 0 spiro atoms. The summed E-state index contributed by atoms with van der Waals surface area (Å²) in [4.78, 5) is 4.15. The second kappa shape index (κ2) is 4.28. The molecule has 14 heavy (non-hydrogen) atoms. The first-order valence-electron chi connectivity index (χ1n) is 4.69. The molecule has 1 fully saturated rings. The van der Waals surface area contributed by atoms with Gasteiger partial charge < -0.3 is 10.1 Å². The Morgan fingerprint density at radius 2 is 2.36 bits per heavy atom. The summed E-state index contributed by atoms with van der Waals surface area (Å²) in [7, 11) is 1.76. The number of rotatable bonds is 3. The van der Waals surface area contributed by atoms with E-state index in [0.29, 0.717) is 12.1 Å². The normalized spacial score (nSPS) is 25.6. The van der Waals surface area contributed by atoms with Crippen molar-refractivity contribution in [3.05, 3.63) is 22.9 Å². The van der Waals surface area contributed by atoms with E-state index in [0.717, 1.165) is 23.1 Å². The first-order valence-corrected chi connectivity index (χ1v) is 5.48. The highest BCUT2D eigenvalue weighted by molar-refractivity contribution is 9.10. The van der Waals surface area contributed by atoms with Crippen LogP contribution in [0.4, 0.5) is 5.69 Å². The second-order valence-electron chi connectivity index (χ2n) is 3.51. The fourth-order valence-corrected chi connectivity index (χ4v) is 1.95. The Bertz CT molecular complexity index is 313. The van der Waals surface area contributed by atoms with Gasteiger partial charge in [-0.2, -0.15) is 0 Å². The van der Waals surface area contributed by atoms with E-state index in [1.165, 1.54) is 0 Å². The van der Waals surface area contributed by atoms with Crippen LogP contribution >= 0.6 is 15.9 Å². The van der Waals surface area contributed by atoms with Crippen LogP contribution in [0.5, 0.6) is 0 Å². The number of pyridine rings is 1. The van der Waals surface area contributed by atoms with Crippen molar-refractivity contribution in [3.8, 4) is 0 Å². The minimum atomic E-state index is 0.433. The average Bonchev–Trinajstić information content (AvgIpc) is 2.13. The highest BCUT2D eigenvalue weighted by atomic mass is 79.9. The topological polar surface area (TPSA) is 34.1 Å². The van der Waals surface area contributed by atoms with E-state index in [1.807, 2.05) is 12.1 Å². The Hall–Kier alpha value is -0.610. The molecule has 76 valence electrons. The predicted octanol–water partition coefficient (Wildman–Crippen LogP) is 2.43. The molecule has 0 aromatic carbocycles. The summed E-state index contributed by atoms with van der Waals surface area (Å²) in [5.74, 6) is 0. The minimum Gasteiger partial charge on any atom is -0.381 e. The van der Waals surface area contributed by atoms with Gasteiger partial charge in [-0.15, -0.1) is 0 Å².